The molecule has 1 heterocycles. The van der Waals surface area contributed by atoms with Crippen LogP contribution in [-0.2, 0) is 10.0 Å². The fraction of sp³-hybridized carbons (Fsp3) is 0.583. The summed E-state index contributed by atoms with van der Waals surface area (Å²) in [5.74, 6) is 0. The quantitative estimate of drug-likeness (QED) is 0.848. The summed E-state index contributed by atoms with van der Waals surface area (Å²) in [5.41, 5.74) is -0.505. The topological polar surface area (TPSA) is 73.5 Å². The molecule has 0 fully saturated rings. The summed E-state index contributed by atoms with van der Waals surface area (Å²) in [6.45, 7) is 4.56. The van der Waals surface area contributed by atoms with Gasteiger partial charge in [-0.15, -0.1) is 0 Å². The summed E-state index contributed by atoms with van der Waals surface area (Å²) < 4.78 is 26.5. The van der Waals surface area contributed by atoms with Gasteiger partial charge in [-0.1, -0.05) is 18.5 Å². The minimum Gasteiger partial charge on any atom is -0.326 e. The van der Waals surface area contributed by atoms with E-state index in [2.05, 4.69) is 4.98 Å². The molecule has 6 nitrogen and oxygen atoms in total. The Morgan fingerprint density at radius 1 is 1.40 bits per heavy atom. The van der Waals surface area contributed by atoms with Crippen molar-refractivity contribution in [3.05, 3.63) is 27.6 Å². The number of hydrogen-bond acceptors (Lipinski definition) is 4. The lowest BCUT2D eigenvalue weighted by molar-refractivity contribution is 0.271. The average molecular weight is 322 g/mol. The molecule has 1 rings (SSSR count). The number of halogens is 1. The Bertz CT molecular complexity index is 613. The number of nitrogens with zero attached hydrogens (tertiary/aromatic N) is 2. The smallest absolute Gasteiger partial charge is 0.266 e. The summed E-state index contributed by atoms with van der Waals surface area (Å²) in [6, 6.07) is 0.992. The van der Waals surface area contributed by atoms with Crippen molar-refractivity contribution in [3.8, 4) is 0 Å². The molecular weight excluding hydrogens is 302 g/mol. The lowest BCUT2D eigenvalue weighted by Gasteiger charge is -2.29. The SMILES string of the molecule is CCN(C(C)CN(C)C)S(=O)(=O)c1c[nH]c(=O)c(Cl)c1. The summed E-state index contributed by atoms with van der Waals surface area (Å²) in [7, 11) is 0.0824. The zero-order chi connectivity index (χ0) is 15.5. The number of nitrogens with one attached hydrogen (secondary N) is 1. The molecule has 1 unspecified atom stereocenters. The van der Waals surface area contributed by atoms with Crippen molar-refractivity contribution >= 4 is 21.6 Å². The predicted molar refractivity (Wildman–Crippen MR) is 79.7 cm³/mol. The highest BCUT2D eigenvalue weighted by molar-refractivity contribution is 7.89. The number of H-pyrrole nitrogens is 1. The third-order valence-electron chi connectivity index (χ3n) is 2.87. The standard InChI is InChI=1S/C12H20ClN3O3S/c1-5-16(9(2)8-15(3)4)20(18,19)10-6-11(13)12(17)14-7-10/h6-7,9H,5,8H2,1-4H3,(H,14,17). The van der Waals surface area contributed by atoms with Crippen LogP contribution in [0.5, 0.6) is 0 Å². The van der Waals surface area contributed by atoms with Crippen LogP contribution in [0.4, 0.5) is 0 Å². The van der Waals surface area contributed by atoms with Crippen molar-refractivity contribution in [2.45, 2.75) is 24.8 Å². The minimum atomic E-state index is -3.68. The first-order chi connectivity index (χ1) is 9.20. The van der Waals surface area contributed by atoms with Gasteiger partial charge in [0.15, 0.2) is 0 Å². The molecule has 0 bridgehead atoms. The number of hydrogen-bond donors (Lipinski definition) is 1. The highest BCUT2D eigenvalue weighted by Gasteiger charge is 2.28. The maximum absolute atomic E-state index is 12.6. The Morgan fingerprint density at radius 3 is 2.45 bits per heavy atom. The Balaban J connectivity index is 3.17. The first-order valence-corrected chi connectivity index (χ1v) is 8.06. The van der Waals surface area contributed by atoms with Crippen molar-refractivity contribution in [1.29, 1.82) is 0 Å². The van der Waals surface area contributed by atoms with E-state index in [1.165, 1.54) is 16.6 Å². The highest BCUT2D eigenvalue weighted by Crippen LogP contribution is 2.19. The first kappa shape index (κ1) is 17.2. The van der Waals surface area contributed by atoms with Crippen LogP contribution in [-0.4, -0.2) is 55.8 Å². The Kier molecular flexibility index (Phi) is 5.76. The molecule has 1 atom stereocenters. The summed E-state index contributed by atoms with van der Waals surface area (Å²) in [5, 5.41) is -0.137. The molecule has 1 aromatic heterocycles. The van der Waals surface area contributed by atoms with Gasteiger partial charge in [0.25, 0.3) is 5.56 Å². The van der Waals surface area contributed by atoms with Gasteiger partial charge in [-0.2, -0.15) is 4.31 Å². The second kappa shape index (κ2) is 6.71. The second-order valence-corrected chi connectivity index (χ2v) is 7.13. The maximum Gasteiger partial charge on any atom is 0.266 e. The summed E-state index contributed by atoms with van der Waals surface area (Å²) in [6.07, 6.45) is 1.18. The normalized spacial score (nSPS) is 13.9. The molecule has 8 heteroatoms. The molecule has 0 aliphatic rings. The molecular formula is C12H20ClN3O3S. The molecule has 0 saturated carbocycles. The van der Waals surface area contributed by atoms with Crippen molar-refractivity contribution in [2.24, 2.45) is 0 Å². The number of aromatic amines is 1. The van der Waals surface area contributed by atoms with E-state index < -0.39 is 15.6 Å². The number of likely N-dealkylation sites (N-methyl/N-ethyl adjacent to an activating group) is 2. The highest BCUT2D eigenvalue weighted by atomic mass is 35.5. The molecule has 0 saturated heterocycles. The monoisotopic (exact) mass is 321 g/mol. The molecule has 0 aliphatic heterocycles. The van der Waals surface area contributed by atoms with E-state index in [0.29, 0.717) is 13.1 Å². The Morgan fingerprint density at radius 2 is 2.00 bits per heavy atom. The van der Waals surface area contributed by atoms with Crippen molar-refractivity contribution in [2.75, 3.05) is 27.2 Å². The molecule has 0 radical (unpaired) electrons. The van der Waals surface area contributed by atoms with Crippen LogP contribution in [0.3, 0.4) is 0 Å². The van der Waals surface area contributed by atoms with Crippen LogP contribution in [0.2, 0.25) is 5.02 Å². The third kappa shape index (κ3) is 3.82. The molecule has 0 spiro atoms. The van der Waals surface area contributed by atoms with Gasteiger partial charge in [-0.25, -0.2) is 8.42 Å². The molecule has 0 amide bonds. The van der Waals surface area contributed by atoms with Crippen LogP contribution in [0.25, 0.3) is 0 Å². The molecule has 0 aliphatic carbocycles. The number of pyridine rings is 1. The third-order valence-corrected chi connectivity index (χ3v) is 5.22. The summed E-state index contributed by atoms with van der Waals surface area (Å²) >= 11 is 5.70. The lowest BCUT2D eigenvalue weighted by Crippen LogP contribution is -2.43. The Hall–Kier alpha value is -0.890. The summed E-state index contributed by atoms with van der Waals surface area (Å²) in [4.78, 5) is 15.5. The first-order valence-electron chi connectivity index (χ1n) is 6.25. The van der Waals surface area contributed by atoms with E-state index >= 15 is 0 Å². The fourth-order valence-electron chi connectivity index (χ4n) is 2.06. The second-order valence-electron chi connectivity index (χ2n) is 4.83. The van der Waals surface area contributed by atoms with Gasteiger partial charge in [0.1, 0.15) is 5.02 Å². The van der Waals surface area contributed by atoms with Crippen molar-refractivity contribution in [3.63, 3.8) is 0 Å². The van der Waals surface area contributed by atoms with E-state index in [0.717, 1.165) is 0 Å². The molecule has 20 heavy (non-hydrogen) atoms. The largest absolute Gasteiger partial charge is 0.326 e. The van der Waals surface area contributed by atoms with Crippen LogP contribution >= 0.6 is 11.6 Å². The van der Waals surface area contributed by atoms with Gasteiger partial charge in [0.2, 0.25) is 10.0 Å². The van der Waals surface area contributed by atoms with Crippen LogP contribution < -0.4 is 5.56 Å². The van der Waals surface area contributed by atoms with Crippen LogP contribution in [0.15, 0.2) is 22.0 Å². The van der Waals surface area contributed by atoms with Crippen molar-refractivity contribution in [1.82, 2.24) is 14.2 Å². The predicted octanol–water partition coefficient (Wildman–Crippen LogP) is 0.989. The van der Waals surface area contributed by atoms with Gasteiger partial charge in [-0.05, 0) is 27.1 Å². The van der Waals surface area contributed by atoms with E-state index in [1.54, 1.807) is 6.92 Å². The van der Waals surface area contributed by atoms with Gasteiger partial charge >= 0.3 is 0 Å². The number of aromatic nitrogens is 1. The van der Waals surface area contributed by atoms with E-state index in [-0.39, 0.29) is 16.0 Å². The number of rotatable bonds is 6. The van der Waals surface area contributed by atoms with E-state index in [9.17, 15) is 13.2 Å². The fourth-order valence-corrected chi connectivity index (χ4v) is 3.92. The minimum absolute atomic E-state index is 0.00504. The van der Waals surface area contributed by atoms with Crippen LogP contribution in [0, 0.1) is 0 Å². The molecule has 1 aromatic rings. The number of sulfonamides is 1. The van der Waals surface area contributed by atoms with E-state index in [4.69, 9.17) is 11.6 Å². The maximum atomic E-state index is 12.6. The van der Waals surface area contributed by atoms with E-state index in [1.807, 2.05) is 25.9 Å². The van der Waals surface area contributed by atoms with Gasteiger partial charge in [0, 0.05) is 25.3 Å². The molecule has 114 valence electrons. The molecule has 1 N–H and O–H groups in total. The van der Waals surface area contributed by atoms with Crippen molar-refractivity contribution < 1.29 is 8.42 Å². The van der Waals surface area contributed by atoms with Gasteiger partial charge < -0.3 is 9.88 Å². The zero-order valence-corrected chi connectivity index (χ0v) is 13.6. The molecule has 0 aromatic carbocycles. The Labute approximate surface area is 124 Å². The average Bonchev–Trinajstić information content (AvgIpc) is 2.31. The lowest BCUT2D eigenvalue weighted by atomic mass is 10.3. The van der Waals surface area contributed by atoms with Gasteiger partial charge in [0.05, 0.1) is 4.90 Å². The van der Waals surface area contributed by atoms with Crippen LogP contribution in [0.1, 0.15) is 13.8 Å². The van der Waals surface area contributed by atoms with Gasteiger partial charge in [-0.3, -0.25) is 4.79 Å². The zero-order valence-electron chi connectivity index (χ0n) is 12.1.